The van der Waals surface area contributed by atoms with E-state index in [4.69, 9.17) is 23.2 Å². The molecule has 0 bridgehead atoms. The van der Waals surface area contributed by atoms with Crippen LogP contribution in [-0.4, -0.2) is 37.5 Å². The van der Waals surface area contributed by atoms with Crippen LogP contribution >= 0.6 is 23.2 Å². The monoisotopic (exact) mass is 436 g/mol. The topological polar surface area (TPSA) is 99.3 Å². The molecule has 4 N–H and O–H groups in total. The van der Waals surface area contributed by atoms with Crippen molar-refractivity contribution < 1.29 is 14.4 Å². The van der Waals surface area contributed by atoms with E-state index in [9.17, 15) is 14.4 Å². The maximum absolute atomic E-state index is 12.1. The molecule has 0 aliphatic carbocycles. The Morgan fingerprint density at radius 3 is 2.14 bits per heavy atom. The van der Waals surface area contributed by atoms with E-state index in [1.54, 1.807) is 30.3 Å². The predicted molar refractivity (Wildman–Crippen MR) is 115 cm³/mol. The highest BCUT2D eigenvalue weighted by atomic mass is 35.5. The molecule has 0 saturated carbocycles. The third-order valence-corrected chi connectivity index (χ3v) is 4.70. The van der Waals surface area contributed by atoms with Crippen molar-refractivity contribution in [3.8, 4) is 0 Å². The zero-order valence-electron chi connectivity index (χ0n) is 16.1. The summed E-state index contributed by atoms with van der Waals surface area (Å²) < 4.78 is 0. The van der Waals surface area contributed by atoms with Gasteiger partial charge in [-0.1, -0.05) is 29.3 Å². The molecule has 0 spiro atoms. The lowest BCUT2D eigenvalue weighted by Crippen LogP contribution is -2.37. The third-order valence-electron chi connectivity index (χ3n) is 3.96. The van der Waals surface area contributed by atoms with E-state index in [0.29, 0.717) is 33.4 Å². The lowest BCUT2D eigenvalue weighted by Gasteiger charge is -2.12. The number of rotatable bonds is 7. The van der Waals surface area contributed by atoms with Crippen LogP contribution in [0.3, 0.4) is 0 Å². The Kier molecular flexibility index (Phi) is 8.30. The van der Waals surface area contributed by atoms with Gasteiger partial charge in [-0.25, -0.2) is 4.79 Å². The Labute approximate surface area is 179 Å². The van der Waals surface area contributed by atoms with E-state index < -0.39 is 6.03 Å². The van der Waals surface area contributed by atoms with E-state index >= 15 is 0 Å². The maximum Gasteiger partial charge on any atom is 0.319 e. The van der Waals surface area contributed by atoms with Crippen LogP contribution in [-0.2, 0) is 0 Å². The number of benzene rings is 2. The SMILES string of the molecule is CCNC(=O)c1ccc(C)c(NC(=O)NCCNC(=O)c2ccc(Cl)c(Cl)c2)c1. The fraction of sp³-hybridized carbons (Fsp3) is 0.250. The Morgan fingerprint density at radius 1 is 0.828 bits per heavy atom. The molecule has 0 aliphatic heterocycles. The first kappa shape index (κ1) is 22.5. The Morgan fingerprint density at radius 2 is 1.45 bits per heavy atom. The maximum atomic E-state index is 12.1. The van der Waals surface area contributed by atoms with Crippen molar-refractivity contribution in [1.29, 1.82) is 0 Å². The van der Waals surface area contributed by atoms with Gasteiger partial charge in [-0.3, -0.25) is 9.59 Å². The lowest BCUT2D eigenvalue weighted by atomic mass is 10.1. The second kappa shape index (κ2) is 10.7. The molecule has 7 nitrogen and oxygen atoms in total. The molecule has 2 aromatic carbocycles. The molecule has 0 radical (unpaired) electrons. The van der Waals surface area contributed by atoms with Crippen molar-refractivity contribution in [2.45, 2.75) is 13.8 Å². The van der Waals surface area contributed by atoms with Crippen LogP contribution in [0, 0.1) is 6.92 Å². The highest BCUT2D eigenvalue weighted by Crippen LogP contribution is 2.22. The first-order valence-corrected chi connectivity index (χ1v) is 9.74. The second-order valence-corrected chi connectivity index (χ2v) is 6.97. The summed E-state index contributed by atoms with van der Waals surface area (Å²) >= 11 is 11.7. The van der Waals surface area contributed by atoms with Gasteiger partial charge in [-0.15, -0.1) is 0 Å². The van der Waals surface area contributed by atoms with Gasteiger partial charge in [-0.05, 0) is 49.7 Å². The number of hydrogen-bond acceptors (Lipinski definition) is 3. The number of anilines is 1. The van der Waals surface area contributed by atoms with Crippen LogP contribution < -0.4 is 21.3 Å². The zero-order valence-corrected chi connectivity index (χ0v) is 17.6. The van der Waals surface area contributed by atoms with Gasteiger partial charge >= 0.3 is 6.03 Å². The number of nitrogens with one attached hydrogen (secondary N) is 4. The van der Waals surface area contributed by atoms with Crippen molar-refractivity contribution in [3.05, 3.63) is 63.1 Å². The summed E-state index contributed by atoms with van der Waals surface area (Å²) in [5.41, 5.74) is 2.19. The standard InChI is InChI=1S/C20H22Cl2N4O3/c1-3-23-18(27)14-5-4-12(2)17(11-14)26-20(29)25-9-8-24-19(28)13-6-7-15(21)16(22)10-13/h4-7,10-11H,3,8-9H2,1-2H3,(H,23,27)(H,24,28)(H2,25,26,29). The number of carbonyl (C=O) groups is 3. The number of aryl methyl sites for hydroxylation is 1. The van der Waals surface area contributed by atoms with Crippen LogP contribution in [0.25, 0.3) is 0 Å². The van der Waals surface area contributed by atoms with Crippen molar-refractivity contribution in [2.24, 2.45) is 0 Å². The molecule has 0 atom stereocenters. The molecule has 9 heteroatoms. The number of urea groups is 1. The molecule has 4 amide bonds. The molecule has 2 rings (SSSR count). The van der Waals surface area contributed by atoms with Crippen LogP contribution in [0.15, 0.2) is 36.4 Å². The van der Waals surface area contributed by atoms with E-state index in [2.05, 4.69) is 21.3 Å². The Hall–Kier alpha value is -2.77. The second-order valence-electron chi connectivity index (χ2n) is 6.15. The molecule has 29 heavy (non-hydrogen) atoms. The first-order chi connectivity index (χ1) is 13.8. The summed E-state index contributed by atoms with van der Waals surface area (Å²) in [5.74, 6) is -0.530. The molecule has 154 valence electrons. The normalized spacial score (nSPS) is 10.2. The van der Waals surface area contributed by atoms with Gasteiger partial charge in [0.15, 0.2) is 0 Å². The average Bonchev–Trinajstić information content (AvgIpc) is 2.69. The predicted octanol–water partition coefficient (Wildman–Crippen LogP) is 3.60. The van der Waals surface area contributed by atoms with Crippen molar-refractivity contribution in [3.63, 3.8) is 0 Å². The number of amides is 4. The summed E-state index contributed by atoms with van der Waals surface area (Å²) in [7, 11) is 0. The molecule has 2 aromatic rings. The number of carbonyl (C=O) groups excluding carboxylic acids is 3. The van der Waals surface area contributed by atoms with Crippen molar-refractivity contribution >= 4 is 46.7 Å². The summed E-state index contributed by atoms with van der Waals surface area (Å²) in [6, 6.07) is 9.22. The third kappa shape index (κ3) is 6.66. The van der Waals surface area contributed by atoms with Crippen molar-refractivity contribution in [1.82, 2.24) is 16.0 Å². The minimum atomic E-state index is -0.440. The first-order valence-electron chi connectivity index (χ1n) is 8.98. The van der Waals surface area contributed by atoms with Crippen LogP contribution in [0.1, 0.15) is 33.2 Å². The smallest absolute Gasteiger partial charge is 0.319 e. The van der Waals surface area contributed by atoms with Gasteiger partial charge in [-0.2, -0.15) is 0 Å². The van der Waals surface area contributed by atoms with Crippen molar-refractivity contribution in [2.75, 3.05) is 25.0 Å². The quantitative estimate of drug-likeness (QED) is 0.498. The van der Waals surface area contributed by atoms with Gasteiger partial charge in [0.1, 0.15) is 0 Å². The van der Waals surface area contributed by atoms with Gasteiger partial charge in [0.25, 0.3) is 11.8 Å². The minimum Gasteiger partial charge on any atom is -0.352 e. The molecule has 0 aliphatic rings. The molecule has 0 aromatic heterocycles. The molecule has 0 heterocycles. The van der Waals surface area contributed by atoms with E-state index in [1.807, 2.05) is 13.8 Å². The highest BCUT2D eigenvalue weighted by Gasteiger charge is 2.10. The Bertz CT molecular complexity index is 919. The summed E-state index contributed by atoms with van der Waals surface area (Å²) in [4.78, 5) is 36.1. The largest absolute Gasteiger partial charge is 0.352 e. The van der Waals surface area contributed by atoms with Crippen LogP contribution in [0.4, 0.5) is 10.5 Å². The van der Waals surface area contributed by atoms with Gasteiger partial charge in [0.05, 0.1) is 10.0 Å². The summed E-state index contributed by atoms with van der Waals surface area (Å²) in [6.07, 6.45) is 0. The van der Waals surface area contributed by atoms with Crippen LogP contribution in [0.5, 0.6) is 0 Å². The van der Waals surface area contributed by atoms with E-state index in [0.717, 1.165) is 5.56 Å². The summed E-state index contributed by atoms with van der Waals surface area (Å²) in [6.45, 7) is 4.62. The molecule has 0 fully saturated rings. The van der Waals surface area contributed by atoms with E-state index in [1.165, 1.54) is 6.07 Å². The summed E-state index contributed by atoms with van der Waals surface area (Å²) in [5, 5.41) is 11.4. The fourth-order valence-corrected chi connectivity index (χ4v) is 2.72. The van der Waals surface area contributed by atoms with Gasteiger partial charge in [0.2, 0.25) is 0 Å². The van der Waals surface area contributed by atoms with Crippen LogP contribution in [0.2, 0.25) is 10.0 Å². The van der Waals surface area contributed by atoms with Gasteiger partial charge < -0.3 is 21.3 Å². The van der Waals surface area contributed by atoms with E-state index in [-0.39, 0.29) is 24.9 Å². The number of halogens is 2. The fourth-order valence-electron chi connectivity index (χ4n) is 2.42. The highest BCUT2D eigenvalue weighted by molar-refractivity contribution is 6.42. The lowest BCUT2D eigenvalue weighted by molar-refractivity contribution is 0.0947. The Balaban J connectivity index is 1.82. The molecular weight excluding hydrogens is 415 g/mol. The average molecular weight is 437 g/mol. The van der Waals surface area contributed by atoms with Gasteiger partial charge in [0, 0.05) is 36.4 Å². The number of hydrogen-bond donors (Lipinski definition) is 4. The molecule has 0 unspecified atom stereocenters. The minimum absolute atomic E-state index is 0.207. The molecule has 0 saturated heterocycles. The zero-order chi connectivity index (χ0) is 21.4. The molecular formula is C20H22Cl2N4O3.